The van der Waals surface area contributed by atoms with Crippen LogP contribution in [0.15, 0.2) is 22.7 Å². The second-order valence-electron chi connectivity index (χ2n) is 3.00. The van der Waals surface area contributed by atoms with Crippen LogP contribution in [0.1, 0.15) is 0 Å². The van der Waals surface area contributed by atoms with E-state index < -0.39 is 18.1 Å². The molecule has 1 aromatic rings. The van der Waals surface area contributed by atoms with Crippen molar-refractivity contribution in [2.24, 2.45) is 0 Å². The summed E-state index contributed by atoms with van der Waals surface area (Å²) in [4.78, 5) is 10.8. The van der Waals surface area contributed by atoms with Gasteiger partial charge in [0.15, 0.2) is 6.61 Å². The zero-order valence-corrected chi connectivity index (χ0v) is 10.7. The Bertz CT molecular complexity index is 434. The summed E-state index contributed by atoms with van der Waals surface area (Å²) in [6.07, 6.45) is -4.77. The standard InChI is InChI=1S/C10H8BrF3O4/c1-16-9(15)5-17-6-2-3-8(7(11)4-6)18-10(12,13)14/h2-4H,5H2,1H3. The van der Waals surface area contributed by atoms with E-state index in [1.807, 2.05) is 0 Å². The molecule has 0 aliphatic rings. The lowest BCUT2D eigenvalue weighted by atomic mass is 10.3. The lowest BCUT2D eigenvalue weighted by Crippen LogP contribution is -2.17. The summed E-state index contributed by atoms with van der Waals surface area (Å²) in [5.41, 5.74) is 0. The Kier molecular flexibility index (Phi) is 4.83. The van der Waals surface area contributed by atoms with Gasteiger partial charge in [-0.2, -0.15) is 0 Å². The highest BCUT2D eigenvalue weighted by atomic mass is 79.9. The smallest absolute Gasteiger partial charge is 0.482 e. The first-order valence-electron chi connectivity index (χ1n) is 4.57. The highest BCUT2D eigenvalue weighted by Gasteiger charge is 2.31. The van der Waals surface area contributed by atoms with Crippen molar-refractivity contribution >= 4 is 21.9 Å². The van der Waals surface area contributed by atoms with Crippen LogP contribution < -0.4 is 9.47 Å². The second-order valence-corrected chi connectivity index (χ2v) is 3.86. The van der Waals surface area contributed by atoms with Crippen LogP contribution in [0.4, 0.5) is 13.2 Å². The summed E-state index contributed by atoms with van der Waals surface area (Å²) < 4.78 is 49.1. The normalized spacial score (nSPS) is 10.9. The van der Waals surface area contributed by atoms with Crippen LogP contribution in [0.3, 0.4) is 0 Å². The van der Waals surface area contributed by atoms with Crippen LogP contribution in [0.5, 0.6) is 11.5 Å². The summed E-state index contributed by atoms with van der Waals surface area (Å²) in [5.74, 6) is -0.781. The molecule has 0 unspecified atom stereocenters. The Balaban J connectivity index is 2.70. The van der Waals surface area contributed by atoms with Crippen molar-refractivity contribution in [1.29, 1.82) is 0 Å². The maximum Gasteiger partial charge on any atom is 0.573 e. The third-order valence-electron chi connectivity index (χ3n) is 1.71. The highest BCUT2D eigenvalue weighted by molar-refractivity contribution is 9.10. The molecule has 0 radical (unpaired) electrons. The minimum absolute atomic E-state index is 0.0576. The molecule has 0 amide bonds. The molecule has 1 rings (SSSR count). The Morgan fingerprint density at radius 3 is 2.56 bits per heavy atom. The number of carbonyl (C=O) groups excluding carboxylic acids is 1. The molecule has 0 bridgehead atoms. The fourth-order valence-electron chi connectivity index (χ4n) is 0.980. The maximum atomic E-state index is 12.0. The van der Waals surface area contributed by atoms with Crippen LogP contribution in [0.25, 0.3) is 0 Å². The molecule has 100 valence electrons. The fraction of sp³-hybridized carbons (Fsp3) is 0.300. The molecule has 0 aromatic heterocycles. The van der Waals surface area contributed by atoms with Gasteiger partial charge in [0.25, 0.3) is 0 Å². The van der Waals surface area contributed by atoms with Crippen molar-refractivity contribution in [3.8, 4) is 11.5 Å². The summed E-state index contributed by atoms with van der Waals surface area (Å²) in [6.45, 7) is -0.331. The van der Waals surface area contributed by atoms with Crippen LogP contribution in [-0.4, -0.2) is 26.0 Å². The van der Waals surface area contributed by atoms with Gasteiger partial charge in [-0.15, -0.1) is 13.2 Å². The second kappa shape index (κ2) is 5.94. The predicted molar refractivity (Wildman–Crippen MR) is 58.3 cm³/mol. The Morgan fingerprint density at radius 2 is 2.06 bits per heavy atom. The highest BCUT2D eigenvalue weighted by Crippen LogP contribution is 2.33. The number of hydrogen-bond acceptors (Lipinski definition) is 4. The van der Waals surface area contributed by atoms with E-state index in [2.05, 4.69) is 25.4 Å². The van der Waals surface area contributed by atoms with Crippen LogP contribution in [0.2, 0.25) is 0 Å². The van der Waals surface area contributed by atoms with Gasteiger partial charge in [-0.05, 0) is 34.1 Å². The van der Waals surface area contributed by atoms with E-state index in [0.717, 1.165) is 6.07 Å². The summed E-state index contributed by atoms with van der Waals surface area (Å²) >= 11 is 2.90. The average Bonchev–Trinajstić information content (AvgIpc) is 2.27. The molecule has 0 aliphatic heterocycles. The first-order chi connectivity index (χ1) is 8.31. The first-order valence-corrected chi connectivity index (χ1v) is 5.36. The monoisotopic (exact) mass is 328 g/mol. The van der Waals surface area contributed by atoms with Crippen molar-refractivity contribution < 1.29 is 32.2 Å². The lowest BCUT2D eigenvalue weighted by molar-refractivity contribution is -0.274. The molecule has 0 atom stereocenters. The molecular formula is C10H8BrF3O4. The molecule has 4 nitrogen and oxygen atoms in total. The Hall–Kier alpha value is -1.44. The number of benzene rings is 1. The van der Waals surface area contributed by atoms with Crippen molar-refractivity contribution in [2.45, 2.75) is 6.36 Å². The van der Waals surface area contributed by atoms with Crippen LogP contribution >= 0.6 is 15.9 Å². The van der Waals surface area contributed by atoms with Gasteiger partial charge in [-0.25, -0.2) is 4.79 Å². The molecule has 0 spiro atoms. The number of esters is 1. The quantitative estimate of drug-likeness (QED) is 0.797. The number of halogens is 4. The van der Waals surface area contributed by atoms with Crippen LogP contribution in [-0.2, 0) is 9.53 Å². The SMILES string of the molecule is COC(=O)COc1ccc(OC(F)(F)F)c(Br)c1. The number of ether oxygens (including phenoxy) is 3. The number of carbonyl (C=O) groups is 1. The molecule has 18 heavy (non-hydrogen) atoms. The molecule has 8 heteroatoms. The van der Waals surface area contributed by atoms with Crippen molar-refractivity contribution in [2.75, 3.05) is 13.7 Å². The number of methoxy groups -OCH3 is 1. The van der Waals surface area contributed by atoms with Crippen molar-refractivity contribution in [3.05, 3.63) is 22.7 Å². The molecule has 0 saturated carbocycles. The lowest BCUT2D eigenvalue weighted by Gasteiger charge is -2.11. The van der Waals surface area contributed by atoms with Gasteiger partial charge < -0.3 is 14.2 Å². The minimum Gasteiger partial charge on any atom is -0.482 e. The van der Waals surface area contributed by atoms with Gasteiger partial charge >= 0.3 is 12.3 Å². The summed E-state index contributed by atoms with van der Waals surface area (Å²) in [5, 5.41) is 0. The maximum absolute atomic E-state index is 12.0. The van der Waals surface area contributed by atoms with Crippen molar-refractivity contribution in [3.63, 3.8) is 0 Å². The van der Waals surface area contributed by atoms with Crippen molar-refractivity contribution in [1.82, 2.24) is 0 Å². The van der Waals surface area contributed by atoms with Gasteiger partial charge in [0.05, 0.1) is 11.6 Å². The molecule has 0 heterocycles. The Labute approximate surface area is 109 Å². The molecule has 0 N–H and O–H groups in total. The fourth-order valence-corrected chi connectivity index (χ4v) is 1.42. The van der Waals surface area contributed by atoms with Crippen LogP contribution in [0, 0.1) is 0 Å². The van der Waals surface area contributed by atoms with E-state index in [1.54, 1.807) is 0 Å². The van der Waals surface area contributed by atoms with E-state index >= 15 is 0 Å². The van der Waals surface area contributed by atoms with Gasteiger partial charge in [0.1, 0.15) is 11.5 Å². The predicted octanol–water partition coefficient (Wildman–Crippen LogP) is 2.90. The number of rotatable bonds is 4. The zero-order chi connectivity index (χ0) is 13.8. The third kappa shape index (κ3) is 4.82. The number of hydrogen-bond donors (Lipinski definition) is 0. The molecular weight excluding hydrogens is 321 g/mol. The molecule has 0 saturated heterocycles. The topological polar surface area (TPSA) is 44.8 Å². The van der Waals surface area contributed by atoms with Gasteiger partial charge in [-0.3, -0.25) is 0 Å². The molecule has 0 fully saturated rings. The number of alkyl halides is 3. The largest absolute Gasteiger partial charge is 0.573 e. The van der Waals surface area contributed by atoms with Gasteiger partial charge in [-0.1, -0.05) is 0 Å². The molecule has 0 aliphatic carbocycles. The average molecular weight is 329 g/mol. The zero-order valence-electron chi connectivity index (χ0n) is 9.08. The molecule has 1 aromatic carbocycles. The van der Waals surface area contributed by atoms with E-state index in [4.69, 9.17) is 4.74 Å². The minimum atomic E-state index is -4.77. The summed E-state index contributed by atoms with van der Waals surface area (Å²) in [6, 6.07) is 3.57. The van der Waals surface area contributed by atoms with E-state index in [9.17, 15) is 18.0 Å². The first kappa shape index (κ1) is 14.6. The summed E-state index contributed by atoms with van der Waals surface area (Å²) in [7, 11) is 1.20. The van der Waals surface area contributed by atoms with Gasteiger partial charge in [0, 0.05) is 0 Å². The van der Waals surface area contributed by atoms with E-state index in [1.165, 1.54) is 19.2 Å². The third-order valence-corrected chi connectivity index (χ3v) is 2.33. The van der Waals surface area contributed by atoms with E-state index in [-0.39, 0.29) is 16.8 Å². The van der Waals surface area contributed by atoms with Gasteiger partial charge in [0.2, 0.25) is 0 Å². The van der Waals surface area contributed by atoms with E-state index in [0.29, 0.717) is 0 Å². The Morgan fingerprint density at radius 1 is 1.39 bits per heavy atom.